The Labute approximate surface area is 730 Å². The van der Waals surface area contributed by atoms with Crippen LogP contribution in [0.15, 0.2) is 228 Å². The van der Waals surface area contributed by atoms with Crippen molar-refractivity contribution >= 4 is 78.2 Å². The fourth-order valence-electron chi connectivity index (χ4n) is 16.0. The van der Waals surface area contributed by atoms with Crippen LogP contribution in [0.1, 0.15) is 206 Å². The van der Waals surface area contributed by atoms with E-state index in [0.29, 0.717) is 89.1 Å². The summed E-state index contributed by atoms with van der Waals surface area (Å²) in [6.45, 7) is 15.7. The van der Waals surface area contributed by atoms with Gasteiger partial charge < -0.3 is 49.7 Å². The molecule has 0 bridgehead atoms. The molecule has 5 aromatic carbocycles. The second kappa shape index (κ2) is 39.3. The molecule has 6 aliphatic carbocycles. The zero-order chi connectivity index (χ0) is 89.7. The first kappa shape index (κ1) is 89.2. The molecule has 7 aliphatic rings. The number of aliphatic hydroxyl groups is 2. The first-order valence-electron chi connectivity index (χ1n) is 41.3. The molecule has 11 aromatic rings. The molecular weight excluding hydrogens is 1590 g/mol. The molecule has 6 aromatic heterocycles. The van der Waals surface area contributed by atoms with Crippen LogP contribution in [-0.4, -0.2) is 141 Å². The summed E-state index contributed by atoms with van der Waals surface area (Å²) < 4.78 is 15.4. The van der Waals surface area contributed by atoms with E-state index in [1.807, 2.05) is 117 Å². The van der Waals surface area contributed by atoms with E-state index < -0.39 is 35.1 Å². The minimum Gasteiger partial charge on any atom is -0.489 e. The number of carbonyl (C=O) groups excluding carboxylic acids is 3. The number of esters is 2. The summed E-state index contributed by atoms with van der Waals surface area (Å²) >= 11 is 0. The average Bonchev–Trinajstić information content (AvgIpc) is 1.63. The number of hydrogen-bond donors (Lipinski definition) is 6. The standard InChI is InChI=1S/C19H19NO3.C18H17NO3.C18H17NO2.C17H15NO3.C17H15NO2.C14H14N2O3/c1-12-4-6-13(7-5-12)19(2,22)14-10-16-15(18(21)23-3)8-9-20-17(16)11-14;1-11-3-5-12(6-4-11)18(2,22)13-9-15-14(17(20)21)7-8-19-16(15)10-13;1-12-3-5-13(6-4-12)9-14-10-16-15(18(20)21-2)7-8-19-17(16)11-14;1-11-2-4-13(5-3-11)21-10-12-8-15-14(17(19)20)6-7-18-16(15)9-12;1-11-2-4-12(5-3-11)8-13-9-15-14(17(19)20)6-7-18-16(15)10-13;17-13(16-5-1-2-6-16)9-7-11-10(14(18)19)3-4-15-12(11)8-9/h4-9,11,22H,10H2,1-3H3;3-8,10,22H,9H2,1-2H3,(H,20,21);3-8,11H,9-10H2,1-2H3;2-7,9H,8,10H2,1H3,(H,19,20);2-7,10H,8-9H2,1H3,(H,19,20);3-4,8H,1-2,5-7H2,(H,18,19). The van der Waals surface area contributed by atoms with Crippen molar-refractivity contribution in [2.45, 2.75) is 124 Å². The third kappa shape index (κ3) is 21.0. The van der Waals surface area contributed by atoms with Crippen molar-refractivity contribution in [3.8, 4) is 5.75 Å². The highest BCUT2D eigenvalue weighted by molar-refractivity contribution is 6.02. The van der Waals surface area contributed by atoms with Crippen LogP contribution >= 0.6 is 0 Å². The number of allylic oxidation sites excluding steroid dienone is 2. The molecule has 1 amide bonds. The van der Waals surface area contributed by atoms with Gasteiger partial charge in [-0.1, -0.05) is 148 Å². The van der Waals surface area contributed by atoms with Crippen molar-refractivity contribution in [2.24, 2.45) is 0 Å². The van der Waals surface area contributed by atoms with Crippen molar-refractivity contribution in [3.05, 3.63) is 379 Å². The molecule has 18 rings (SSSR count). The van der Waals surface area contributed by atoms with E-state index in [1.165, 1.54) is 83.9 Å². The Balaban J connectivity index is 0.000000130. The molecule has 126 heavy (non-hydrogen) atoms. The number of methoxy groups -OCH3 is 2. The van der Waals surface area contributed by atoms with Crippen molar-refractivity contribution in [2.75, 3.05) is 33.9 Å². The molecule has 0 saturated carbocycles. The topological polar surface area (TPSA) is 349 Å². The quantitative estimate of drug-likeness (QED) is 0.0435. The number of likely N-dealkylation sites (tertiary alicyclic amines) is 1. The number of nitrogens with zero attached hydrogens (tertiary/aromatic N) is 7. The van der Waals surface area contributed by atoms with Gasteiger partial charge in [0.2, 0.25) is 5.91 Å². The second-order valence-electron chi connectivity index (χ2n) is 32.3. The van der Waals surface area contributed by atoms with Crippen LogP contribution in [-0.2, 0) is 76.8 Å². The number of pyridine rings is 6. The number of benzene rings is 5. The highest BCUT2D eigenvalue weighted by Crippen LogP contribution is 2.41. The maximum atomic E-state index is 12.3. The van der Waals surface area contributed by atoms with Gasteiger partial charge in [0.1, 0.15) is 23.6 Å². The summed E-state index contributed by atoms with van der Waals surface area (Å²) in [6, 6.07) is 49.8. The summed E-state index contributed by atoms with van der Waals surface area (Å²) in [4.78, 5) is 108. The number of aromatic carboxylic acids is 4. The highest BCUT2D eigenvalue weighted by atomic mass is 16.5. The first-order valence-corrected chi connectivity index (χ1v) is 41.3. The summed E-state index contributed by atoms with van der Waals surface area (Å²) in [5.74, 6) is -3.58. The smallest absolute Gasteiger partial charge is 0.338 e. The molecule has 0 spiro atoms. The lowest BCUT2D eigenvalue weighted by molar-refractivity contribution is -0.126. The minimum atomic E-state index is -1.15. The van der Waals surface area contributed by atoms with Crippen LogP contribution < -0.4 is 4.74 Å². The Hall–Kier alpha value is -14.6. The number of carboxylic acid groups (broad SMARTS) is 4. The van der Waals surface area contributed by atoms with Crippen molar-refractivity contribution in [1.82, 2.24) is 34.8 Å². The SMILES string of the molecule is COC(=O)c1ccnc2c1CC(C(C)(O)c1ccc(C)cc1)=C2.COC(=O)c1ccnc2c1CC(Cc1ccc(C)cc1)=C2.Cc1ccc(C(C)(O)C2=Cc3nccc(C(=O)O)c3C2)cc1.Cc1ccc(CC2=Cc3nccc(C(=O)O)c3C2)cc1.Cc1ccc(OCC2=Cc3nccc(C(=O)O)c3C2)cc1.O=C(O)c1ccnc2c1CC(C(=O)N1CCCC1)=C2. The van der Waals surface area contributed by atoms with Crippen LogP contribution in [0.4, 0.5) is 0 Å². The van der Waals surface area contributed by atoms with Gasteiger partial charge in [-0.3, -0.25) is 34.7 Å². The lowest BCUT2D eigenvalue weighted by Gasteiger charge is -2.26. The Bertz CT molecular complexity index is 6230. The van der Waals surface area contributed by atoms with Crippen LogP contribution in [0.5, 0.6) is 5.75 Å². The van der Waals surface area contributed by atoms with Gasteiger partial charge in [0, 0.05) is 68.7 Å². The minimum absolute atomic E-state index is 0.0202. The van der Waals surface area contributed by atoms with Gasteiger partial charge >= 0.3 is 35.8 Å². The lowest BCUT2D eigenvalue weighted by Crippen LogP contribution is -2.29. The van der Waals surface area contributed by atoms with Crippen LogP contribution in [0, 0.1) is 34.6 Å². The monoisotopic (exact) mass is 1690 g/mol. The second-order valence-corrected chi connectivity index (χ2v) is 32.3. The molecule has 6 N–H and O–H groups in total. The molecule has 2 unspecified atom stereocenters. The van der Waals surface area contributed by atoms with Crippen molar-refractivity contribution in [3.63, 3.8) is 0 Å². The van der Waals surface area contributed by atoms with Gasteiger partial charge in [0.05, 0.1) is 81.8 Å². The molecule has 640 valence electrons. The zero-order valence-corrected chi connectivity index (χ0v) is 71.5. The first-order chi connectivity index (χ1) is 60.4. The predicted octanol–water partition coefficient (Wildman–Crippen LogP) is 17.0. The summed E-state index contributed by atoms with van der Waals surface area (Å²) in [7, 11) is 2.77. The zero-order valence-electron chi connectivity index (χ0n) is 71.5. The fourth-order valence-corrected chi connectivity index (χ4v) is 16.0. The number of aromatic nitrogens is 6. The molecule has 1 fully saturated rings. The van der Waals surface area contributed by atoms with Gasteiger partial charge in [-0.15, -0.1) is 0 Å². The van der Waals surface area contributed by atoms with E-state index in [1.54, 1.807) is 68.9 Å². The van der Waals surface area contributed by atoms with Gasteiger partial charge in [0.15, 0.2) is 0 Å². The Morgan fingerprint density at radius 3 is 0.992 bits per heavy atom. The number of amides is 1. The van der Waals surface area contributed by atoms with E-state index in [9.17, 15) is 59.1 Å². The molecule has 7 heterocycles. The maximum Gasteiger partial charge on any atom is 0.338 e. The van der Waals surface area contributed by atoms with E-state index in [2.05, 4.69) is 98.4 Å². The van der Waals surface area contributed by atoms with Gasteiger partial charge in [-0.25, -0.2) is 28.8 Å². The average molecular weight is 1690 g/mol. The number of hydrogen-bond acceptors (Lipinski definition) is 18. The van der Waals surface area contributed by atoms with Crippen LogP contribution in [0.3, 0.4) is 0 Å². The third-order valence-electron chi connectivity index (χ3n) is 23.2. The molecule has 1 aliphatic heterocycles. The van der Waals surface area contributed by atoms with E-state index in [-0.39, 0.29) is 29.0 Å². The van der Waals surface area contributed by atoms with Gasteiger partial charge in [-0.2, -0.15) is 0 Å². The van der Waals surface area contributed by atoms with Gasteiger partial charge in [-0.05, 0) is 257 Å². The van der Waals surface area contributed by atoms with Gasteiger partial charge in [0.25, 0.3) is 0 Å². The Morgan fingerprint density at radius 1 is 0.349 bits per heavy atom. The fraction of sp³-hybridized carbons (Fsp3) is 0.233. The molecule has 0 radical (unpaired) electrons. The number of fused-ring (bicyclic) bond motifs is 6. The predicted molar refractivity (Wildman–Crippen MR) is 480 cm³/mol. The molecule has 23 heteroatoms. The largest absolute Gasteiger partial charge is 0.489 e. The van der Waals surface area contributed by atoms with E-state index in [0.717, 1.165) is 135 Å². The maximum absolute atomic E-state index is 12.3. The molecular formula is C103H97N7O16. The molecule has 1 saturated heterocycles. The molecule has 23 nitrogen and oxygen atoms in total. The van der Waals surface area contributed by atoms with Crippen molar-refractivity contribution in [1.29, 1.82) is 0 Å². The van der Waals surface area contributed by atoms with E-state index in [4.69, 9.17) is 19.3 Å². The Morgan fingerprint density at radius 2 is 0.635 bits per heavy atom. The number of rotatable bonds is 18. The normalized spacial score (nSPS) is 14.5. The number of ether oxygens (including phenoxy) is 3. The summed E-state index contributed by atoms with van der Waals surface area (Å²) in [5.41, 5.74) is 25.0. The molecule has 2 atom stereocenters. The number of carbonyl (C=O) groups is 7. The third-order valence-corrected chi connectivity index (χ3v) is 23.2. The summed E-state index contributed by atoms with van der Waals surface area (Å²) in [6.07, 6.45) is 27.8. The lowest BCUT2D eigenvalue weighted by atomic mass is 9.86. The van der Waals surface area contributed by atoms with E-state index >= 15 is 0 Å². The number of aryl methyl sites for hydroxylation is 5. The highest BCUT2D eigenvalue weighted by Gasteiger charge is 2.37. The Kier molecular flexibility index (Phi) is 27.8. The number of carboxylic acids is 4. The van der Waals surface area contributed by atoms with Crippen LogP contribution in [0.2, 0.25) is 0 Å². The summed E-state index contributed by atoms with van der Waals surface area (Å²) in [5, 5.41) is 58.8. The van der Waals surface area contributed by atoms with Crippen LogP contribution in [0.25, 0.3) is 36.5 Å². The van der Waals surface area contributed by atoms with Crippen molar-refractivity contribution < 1.29 is 78.4 Å².